The van der Waals surface area contributed by atoms with Crippen LogP contribution in [-0.4, -0.2) is 27.9 Å². The fourth-order valence-corrected chi connectivity index (χ4v) is 3.00. The first kappa shape index (κ1) is 10.3. The van der Waals surface area contributed by atoms with Gasteiger partial charge in [0.05, 0.1) is 0 Å². The van der Waals surface area contributed by atoms with Gasteiger partial charge in [-0.25, -0.2) is 4.98 Å². The summed E-state index contributed by atoms with van der Waals surface area (Å²) in [5.74, 6) is 3.50. The molecule has 1 aliphatic heterocycles. The van der Waals surface area contributed by atoms with Crippen molar-refractivity contribution in [3.8, 4) is 0 Å². The van der Waals surface area contributed by atoms with Gasteiger partial charge in [0.1, 0.15) is 5.82 Å². The van der Waals surface area contributed by atoms with E-state index in [1.165, 1.54) is 37.9 Å². The van der Waals surface area contributed by atoms with E-state index in [-0.39, 0.29) is 0 Å². The molecule has 0 radical (unpaired) electrons. The van der Waals surface area contributed by atoms with Crippen molar-refractivity contribution < 1.29 is 0 Å². The van der Waals surface area contributed by atoms with Crippen LogP contribution in [0.1, 0.15) is 55.6 Å². The number of hydrogen-bond acceptors (Lipinski definition) is 3. The van der Waals surface area contributed by atoms with Gasteiger partial charge in [-0.2, -0.15) is 5.10 Å². The first-order valence-corrected chi connectivity index (χ1v) is 6.46. The van der Waals surface area contributed by atoms with Gasteiger partial charge in [-0.3, -0.25) is 4.68 Å². The molecule has 1 aliphatic carbocycles. The van der Waals surface area contributed by atoms with Crippen LogP contribution >= 0.6 is 0 Å². The highest BCUT2D eigenvalue weighted by Crippen LogP contribution is 2.33. The third kappa shape index (κ3) is 1.75. The van der Waals surface area contributed by atoms with Gasteiger partial charge < -0.3 is 5.32 Å². The van der Waals surface area contributed by atoms with Gasteiger partial charge in [-0.1, -0.05) is 12.8 Å². The van der Waals surface area contributed by atoms with Crippen molar-refractivity contribution in [3.05, 3.63) is 11.6 Å². The van der Waals surface area contributed by atoms with E-state index >= 15 is 0 Å². The molecule has 1 atom stereocenters. The van der Waals surface area contributed by atoms with Crippen LogP contribution in [0, 0.1) is 0 Å². The molecule has 1 saturated heterocycles. The van der Waals surface area contributed by atoms with Gasteiger partial charge in [0, 0.05) is 25.4 Å². The van der Waals surface area contributed by atoms with Crippen molar-refractivity contribution in [3.63, 3.8) is 0 Å². The Balaban J connectivity index is 1.83. The monoisotopic (exact) mass is 220 g/mol. The molecule has 0 amide bonds. The first-order valence-electron chi connectivity index (χ1n) is 6.46. The summed E-state index contributed by atoms with van der Waals surface area (Å²) in [6.07, 6.45) is 6.47. The average molecular weight is 220 g/mol. The van der Waals surface area contributed by atoms with E-state index in [4.69, 9.17) is 4.98 Å². The van der Waals surface area contributed by atoms with Crippen molar-refractivity contribution in [2.45, 2.75) is 43.9 Å². The van der Waals surface area contributed by atoms with E-state index < -0.39 is 0 Å². The normalized spacial score (nSPS) is 26.7. The number of aromatic nitrogens is 3. The zero-order valence-corrected chi connectivity index (χ0v) is 9.95. The highest BCUT2D eigenvalue weighted by atomic mass is 15.3. The predicted octanol–water partition coefficient (Wildman–Crippen LogP) is 1.55. The number of aryl methyl sites for hydroxylation is 1. The van der Waals surface area contributed by atoms with Crippen molar-refractivity contribution in [2.75, 3.05) is 13.1 Å². The van der Waals surface area contributed by atoms with Crippen LogP contribution in [0.4, 0.5) is 0 Å². The number of hydrogen-bond donors (Lipinski definition) is 1. The lowest BCUT2D eigenvalue weighted by atomic mass is 10.1. The largest absolute Gasteiger partial charge is 0.316 e. The summed E-state index contributed by atoms with van der Waals surface area (Å²) in [4.78, 5) is 4.79. The molecule has 1 aromatic heterocycles. The minimum absolute atomic E-state index is 0.577. The summed E-state index contributed by atoms with van der Waals surface area (Å²) in [7, 11) is 2.04. The Kier molecular flexibility index (Phi) is 2.67. The molecule has 3 rings (SSSR count). The Morgan fingerprint density at radius 1 is 1.19 bits per heavy atom. The van der Waals surface area contributed by atoms with Crippen molar-refractivity contribution in [2.24, 2.45) is 7.05 Å². The lowest BCUT2D eigenvalue weighted by Gasteiger charge is -2.05. The lowest BCUT2D eigenvalue weighted by molar-refractivity contribution is 0.614. The molecule has 4 nitrogen and oxygen atoms in total. The van der Waals surface area contributed by atoms with E-state index in [1.54, 1.807) is 0 Å². The topological polar surface area (TPSA) is 42.7 Å². The zero-order chi connectivity index (χ0) is 11.0. The predicted molar refractivity (Wildman–Crippen MR) is 62.4 cm³/mol. The number of rotatable bonds is 2. The molecule has 2 heterocycles. The van der Waals surface area contributed by atoms with Crippen LogP contribution in [0.2, 0.25) is 0 Å². The summed E-state index contributed by atoms with van der Waals surface area (Å²) in [5.41, 5.74) is 0. The summed E-state index contributed by atoms with van der Waals surface area (Å²) < 4.78 is 2.01. The zero-order valence-electron chi connectivity index (χ0n) is 9.95. The second-order valence-corrected chi connectivity index (χ2v) is 5.12. The van der Waals surface area contributed by atoms with Crippen molar-refractivity contribution in [1.29, 1.82) is 0 Å². The van der Waals surface area contributed by atoms with Crippen molar-refractivity contribution in [1.82, 2.24) is 20.1 Å². The molecule has 88 valence electrons. The van der Waals surface area contributed by atoms with Gasteiger partial charge in [-0.05, 0) is 25.8 Å². The van der Waals surface area contributed by atoms with E-state index in [9.17, 15) is 0 Å². The summed E-state index contributed by atoms with van der Waals surface area (Å²) in [6.45, 7) is 2.19. The lowest BCUT2D eigenvalue weighted by Crippen LogP contribution is -2.11. The Hall–Kier alpha value is -0.900. The molecule has 16 heavy (non-hydrogen) atoms. The molecular formula is C12H20N4. The molecule has 4 heteroatoms. The van der Waals surface area contributed by atoms with Gasteiger partial charge >= 0.3 is 0 Å². The Bertz CT molecular complexity index is 359. The molecule has 0 aromatic carbocycles. The summed E-state index contributed by atoms with van der Waals surface area (Å²) >= 11 is 0. The summed E-state index contributed by atoms with van der Waals surface area (Å²) in [5, 5.41) is 8.01. The van der Waals surface area contributed by atoms with E-state index in [0.717, 1.165) is 18.9 Å². The van der Waals surface area contributed by atoms with E-state index in [0.29, 0.717) is 11.8 Å². The van der Waals surface area contributed by atoms with Gasteiger partial charge in [0.2, 0.25) is 0 Å². The molecule has 0 spiro atoms. The molecule has 0 bridgehead atoms. The van der Waals surface area contributed by atoms with Crippen LogP contribution in [-0.2, 0) is 7.05 Å². The molecule has 1 aromatic rings. The van der Waals surface area contributed by atoms with Crippen LogP contribution in [0.25, 0.3) is 0 Å². The van der Waals surface area contributed by atoms with Crippen LogP contribution in [0.15, 0.2) is 0 Å². The van der Waals surface area contributed by atoms with Crippen LogP contribution in [0.3, 0.4) is 0 Å². The fourth-order valence-electron chi connectivity index (χ4n) is 3.00. The third-order valence-electron chi connectivity index (χ3n) is 3.96. The molecule has 2 aliphatic rings. The van der Waals surface area contributed by atoms with E-state index in [1.807, 2.05) is 11.7 Å². The first-order chi connectivity index (χ1) is 7.84. The molecule has 1 N–H and O–H groups in total. The Labute approximate surface area is 96.4 Å². The maximum Gasteiger partial charge on any atom is 0.154 e. The average Bonchev–Trinajstić information content (AvgIpc) is 2.97. The standard InChI is InChI=1S/C12H20N4/c1-16-12(10-6-7-13-8-10)14-11(15-16)9-4-2-3-5-9/h9-10,13H,2-8H2,1H3. The Morgan fingerprint density at radius 2 is 2.00 bits per heavy atom. The minimum Gasteiger partial charge on any atom is -0.316 e. The van der Waals surface area contributed by atoms with Crippen molar-refractivity contribution >= 4 is 0 Å². The molecule has 2 fully saturated rings. The molecule has 1 unspecified atom stereocenters. The van der Waals surface area contributed by atoms with Gasteiger partial charge in [-0.15, -0.1) is 0 Å². The quantitative estimate of drug-likeness (QED) is 0.822. The highest BCUT2D eigenvalue weighted by molar-refractivity contribution is 5.07. The van der Waals surface area contributed by atoms with Gasteiger partial charge in [0.15, 0.2) is 5.82 Å². The molecular weight excluding hydrogens is 200 g/mol. The molecule has 1 saturated carbocycles. The van der Waals surface area contributed by atoms with Gasteiger partial charge in [0.25, 0.3) is 0 Å². The highest BCUT2D eigenvalue weighted by Gasteiger charge is 2.26. The maximum absolute atomic E-state index is 4.79. The Morgan fingerprint density at radius 3 is 2.69 bits per heavy atom. The minimum atomic E-state index is 0.577. The SMILES string of the molecule is Cn1nc(C2CCCC2)nc1C1CCNC1. The third-order valence-corrected chi connectivity index (χ3v) is 3.96. The van der Waals surface area contributed by atoms with E-state index in [2.05, 4.69) is 10.4 Å². The van der Waals surface area contributed by atoms with Crippen LogP contribution in [0.5, 0.6) is 0 Å². The fraction of sp³-hybridized carbons (Fsp3) is 0.833. The number of nitrogens with one attached hydrogen (secondary N) is 1. The summed E-state index contributed by atoms with van der Waals surface area (Å²) in [6, 6.07) is 0. The maximum atomic E-state index is 4.79. The smallest absolute Gasteiger partial charge is 0.154 e. The van der Waals surface area contributed by atoms with Crippen LogP contribution < -0.4 is 5.32 Å². The number of nitrogens with zero attached hydrogens (tertiary/aromatic N) is 3. The second-order valence-electron chi connectivity index (χ2n) is 5.12. The second kappa shape index (κ2) is 4.17.